The van der Waals surface area contributed by atoms with E-state index in [2.05, 4.69) is 53.5 Å². The molecule has 0 aromatic rings. The minimum Gasteiger partial charge on any atom is -0.345 e. The van der Waals surface area contributed by atoms with E-state index in [1.54, 1.807) is 0 Å². The average molecular weight is 729 g/mol. The van der Waals surface area contributed by atoms with E-state index in [1.165, 1.54) is 0 Å². The highest BCUT2D eigenvalue weighted by Gasteiger charge is 2.58. The molecule has 4 unspecified atom stereocenters. The third kappa shape index (κ3) is 5.59. The van der Waals surface area contributed by atoms with Gasteiger partial charge in [-0.15, -0.1) is 10.2 Å². The number of carbonyl (C=O) groups excluding carboxylic acids is 2. The molecule has 7 aliphatic heterocycles. The summed E-state index contributed by atoms with van der Waals surface area (Å²) >= 11 is 8.99. The van der Waals surface area contributed by atoms with Crippen LogP contribution in [0.3, 0.4) is 0 Å². The quantitative estimate of drug-likeness (QED) is 0.150. The van der Waals surface area contributed by atoms with Crippen LogP contribution in [0.5, 0.6) is 0 Å². The van der Waals surface area contributed by atoms with Crippen molar-refractivity contribution in [2.45, 2.75) is 61.3 Å². The number of nitrogens with zero attached hydrogens (tertiary/aromatic N) is 8. The van der Waals surface area contributed by atoms with Crippen molar-refractivity contribution in [3.05, 3.63) is 0 Å². The molecule has 0 aliphatic carbocycles. The Morgan fingerprint density at radius 1 is 0.870 bits per heavy atom. The molecule has 0 aromatic heterocycles. The molecule has 12 atom stereocenters. The van der Waals surface area contributed by atoms with Crippen molar-refractivity contribution in [3.63, 3.8) is 0 Å². The maximum atomic E-state index is 15.9. The fourth-order valence-electron chi connectivity index (χ4n) is 5.22. The normalized spacial score (nSPS) is 45.6. The molecule has 46 heavy (non-hydrogen) atoms. The van der Waals surface area contributed by atoms with Gasteiger partial charge < -0.3 is 18.9 Å². The predicted molar refractivity (Wildman–Crippen MR) is 149 cm³/mol. The molecule has 0 spiro atoms. The van der Waals surface area contributed by atoms with Crippen molar-refractivity contribution >= 4 is 73.0 Å². The Labute approximate surface area is 264 Å². The number of amides is 2. The molecule has 22 nitrogen and oxygen atoms in total. The Kier molecular flexibility index (Phi) is 7.91. The number of guanidine groups is 2. The number of ether oxygens (including phenoxy) is 2. The molecular weight excluding hydrogens is 708 g/mol. The van der Waals surface area contributed by atoms with Gasteiger partial charge in [-0.3, -0.25) is 44.6 Å². The Morgan fingerprint density at radius 2 is 1.33 bits per heavy atom. The molecule has 3 fully saturated rings. The van der Waals surface area contributed by atoms with Gasteiger partial charge in [-0.25, -0.2) is 13.3 Å². The number of rotatable bonds is 2. The molecule has 248 valence electrons. The Bertz CT molecular complexity index is 1520. The van der Waals surface area contributed by atoms with Crippen molar-refractivity contribution in [1.29, 1.82) is 10.8 Å². The lowest BCUT2D eigenvalue weighted by Crippen LogP contribution is -2.52. The molecule has 7 heterocycles. The molecule has 4 bridgehead atoms. The van der Waals surface area contributed by atoms with Gasteiger partial charge in [0.25, 0.3) is 11.8 Å². The minimum atomic E-state index is -4.59. The van der Waals surface area contributed by atoms with Crippen LogP contribution in [-0.4, -0.2) is 125 Å². The first kappa shape index (κ1) is 31.8. The first-order chi connectivity index (χ1) is 21.7. The van der Waals surface area contributed by atoms with Crippen LogP contribution in [0.15, 0.2) is 30.7 Å². The zero-order valence-corrected chi connectivity index (χ0v) is 25.9. The first-order valence-electron chi connectivity index (χ1n) is 13.0. The number of fused-ring (bicyclic) bond motifs is 6. The van der Waals surface area contributed by atoms with Crippen LogP contribution in [0.1, 0.15) is 0 Å². The number of halogens is 2. The third-order valence-corrected chi connectivity index (χ3v) is 10.4. The molecule has 3 saturated heterocycles. The smallest absolute Gasteiger partial charge is 0.345 e. The van der Waals surface area contributed by atoms with Gasteiger partial charge in [0.05, 0.1) is 13.2 Å². The number of hydrogen-bond acceptors (Lipinski definition) is 18. The summed E-state index contributed by atoms with van der Waals surface area (Å²) in [5.41, 5.74) is 0. The van der Waals surface area contributed by atoms with Gasteiger partial charge in [-0.2, -0.15) is 20.0 Å². The van der Waals surface area contributed by atoms with E-state index in [1.807, 2.05) is 0 Å². The molecule has 0 radical (unpaired) electrons. The SMILES string of the molecule is N=C1N=C2C(N=NN2[C@@H]2O[C@@H]3COP(O)(=S)O[C@@H]4[C@H](F)[C@@H](COP(=O)(S)O[C@@H]2[C@@H]3F)O[C@H]4N2N=NC3C(=O)NC(=N)N=C32)C(=O)N1. The van der Waals surface area contributed by atoms with Crippen LogP contribution in [0, 0.1) is 10.8 Å². The van der Waals surface area contributed by atoms with Crippen LogP contribution in [0.2, 0.25) is 0 Å². The van der Waals surface area contributed by atoms with Crippen molar-refractivity contribution in [2.75, 3.05) is 13.2 Å². The monoisotopic (exact) mass is 728 g/mol. The van der Waals surface area contributed by atoms with E-state index in [9.17, 15) is 19.0 Å². The van der Waals surface area contributed by atoms with Gasteiger partial charge in [-0.1, -0.05) is 22.7 Å². The lowest BCUT2D eigenvalue weighted by atomic mass is 10.1. The topological polar surface area (TPSA) is 279 Å². The Balaban J connectivity index is 1.17. The summed E-state index contributed by atoms with van der Waals surface area (Å²) in [6.45, 7) is -10.7. The summed E-state index contributed by atoms with van der Waals surface area (Å²) in [6.07, 6.45) is -14.6. The highest BCUT2D eigenvalue weighted by atomic mass is 32.7. The number of hydrogen-bond donors (Lipinski definition) is 6. The number of amidine groups is 2. The van der Waals surface area contributed by atoms with Crippen LogP contribution in [0.4, 0.5) is 8.78 Å². The fraction of sp³-hybridized carbons (Fsp3) is 0.667. The molecule has 2 amide bonds. The lowest BCUT2D eigenvalue weighted by molar-refractivity contribution is -0.120. The van der Waals surface area contributed by atoms with E-state index < -0.39 is 112 Å². The maximum absolute atomic E-state index is 15.9. The molecule has 7 aliphatic rings. The lowest BCUT2D eigenvalue weighted by Gasteiger charge is -2.30. The average Bonchev–Trinajstić information content (AvgIpc) is 3.72. The zero-order valence-electron chi connectivity index (χ0n) is 22.4. The standard InChI is InChI=1S/C18H20F2N12O10P2S2/c19-5-3-1-37-43(35,45)41-10-6(20)4(40-16(10)32-12-8(28-30-32)14(34)26-18(22)24-12)2-38-44(36,46)42-9(5)15(39-3)31-11-7(27-29-31)13(33)25-17(21)23-11/h3-10,15-16H,1-2H2,(H,35,45)(H,36,46)(H2,21,25,33)(H2,22,26,34)/t3-,4-,5-,6-,7?,8?,9-,10-,15-,16-,43?,44?/m1/s1. The summed E-state index contributed by atoms with van der Waals surface area (Å²) in [7, 11) is 0. The van der Waals surface area contributed by atoms with Crippen LogP contribution < -0.4 is 10.6 Å². The van der Waals surface area contributed by atoms with E-state index >= 15 is 8.78 Å². The highest BCUT2D eigenvalue weighted by molar-refractivity contribution is 8.44. The predicted octanol–water partition coefficient (Wildman–Crippen LogP) is -0.787. The van der Waals surface area contributed by atoms with Crippen LogP contribution in [-0.2, 0) is 53.5 Å². The molecular formula is C18H20F2N12O10P2S2. The third-order valence-electron chi connectivity index (χ3n) is 7.24. The maximum Gasteiger partial charge on any atom is 0.386 e. The van der Waals surface area contributed by atoms with E-state index in [4.69, 9.17) is 50.2 Å². The molecule has 0 saturated carbocycles. The number of alkyl halides is 2. The van der Waals surface area contributed by atoms with Gasteiger partial charge in [0.2, 0.25) is 24.0 Å². The molecule has 28 heteroatoms. The van der Waals surface area contributed by atoms with Crippen molar-refractivity contribution in [2.24, 2.45) is 30.7 Å². The summed E-state index contributed by atoms with van der Waals surface area (Å²) < 4.78 is 78.1. The molecule has 5 N–H and O–H groups in total. The number of aliphatic imine (C=N–C) groups is 2. The largest absolute Gasteiger partial charge is 0.386 e. The summed E-state index contributed by atoms with van der Waals surface area (Å²) in [4.78, 5) is 43.2. The van der Waals surface area contributed by atoms with Crippen molar-refractivity contribution in [1.82, 2.24) is 20.7 Å². The van der Waals surface area contributed by atoms with Gasteiger partial charge in [-0.05, 0) is 11.8 Å². The van der Waals surface area contributed by atoms with Crippen LogP contribution in [0.25, 0.3) is 0 Å². The van der Waals surface area contributed by atoms with E-state index in [0.717, 1.165) is 10.0 Å². The van der Waals surface area contributed by atoms with Gasteiger partial charge in [0, 0.05) is 0 Å². The number of thiol groups is 1. The molecule has 7 rings (SSSR count). The van der Waals surface area contributed by atoms with E-state index in [-0.39, 0.29) is 11.7 Å². The Hall–Kier alpha value is -2.77. The summed E-state index contributed by atoms with van der Waals surface area (Å²) in [5.74, 6) is -3.04. The first-order valence-corrected chi connectivity index (χ1v) is 18.3. The second-order valence-corrected chi connectivity index (χ2v) is 15.9. The molecule has 0 aromatic carbocycles. The summed E-state index contributed by atoms with van der Waals surface area (Å²) in [5, 5.41) is 36.6. The highest BCUT2D eigenvalue weighted by Crippen LogP contribution is 2.57. The van der Waals surface area contributed by atoms with Gasteiger partial charge >= 0.3 is 13.5 Å². The summed E-state index contributed by atoms with van der Waals surface area (Å²) in [6, 6.07) is -2.60. The fourth-order valence-corrected chi connectivity index (χ4v) is 8.08. The second-order valence-electron chi connectivity index (χ2n) is 10.2. The van der Waals surface area contributed by atoms with Crippen LogP contribution >= 0.6 is 25.8 Å². The second kappa shape index (κ2) is 11.4. The number of carbonyl (C=O) groups is 2. The van der Waals surface area contributed by atoms with Crippen molar-refractivity contribution in [3.8, 4) is 0 Å². The zero-order chi connectivity index (χ0) is 32.7. The van der Waals surface area contributed by atoms with Gasteiger partial charge in [0.1, 0.15) is 24.4 Å². The number of nitrogens with one attached hydrogen (secondary N) is 4. The minimum absolute atomic E-state index is 0.220. The Morgan fingerprint density at radius 3 is 1.83 bits per heavy atom. The van der Waals surface area contributed by atoms with Gasteiger partial charge in [0.15, 0.2) is 36.5 Å². The van der Waals surface area contributed by atoms with E-state index in [0.29, 0.717) is 0 Å². The van der Waals surface area contributed by atoms with Crippen molar-refractivity contribution < 1.29 is 55.4 Å².